The number of benzene rings is 2. The van der Waals surface area contributed by atoms with Gasteiger partial charge < -0.3 is 14.7 Å². The molecule has 0 unspecified atom stereocenters. The summed E-state index contributed by atoms with van der Waals surface area (Å²) in [5, 5.41) is 15.4. The van der Waals surface area contributed by atoms with Crippen molar-refractivity contribution in [3.63, 3.8) is 0 Å². The maximum absolute atomic E-state index is 13.0. The summed E-state index contributed by atoms with van der Waals surface area (Å²) in [5.41, 5.74) is 2.34. The molecule has 0 aliphatic rings. The lowest BCUT2D eigenvalue weighted by Crippen LogP contribution is -2.31. The fourth-order valence-electron chi connectivity index (χ4n) is 2.87. The molecule has 7 nitrogen and oxygen atoms in total. The van der Waals surface area contributed by atoms with E-state index < -0.39 is 5.91 Å². The number of rotatable bonds is 8. The Kier molecular flexibility index (Phi) is 7.12. The molecule has 31 heavy (non-hydrogen) atoms. The Balaban J connectivity index is 1.65. The monoisotopic (exact) mass is 420 g/mol. The van der Waals surface area contributed by atoms with Gasteiger partial charge in [0.2, 0.25) is 0 Å². The summed E-state index contributed by atoms with van der Waals surface area (Å²) in [5.74, 6) is -0.718. The molecule has 8 heteroatoms. The van der Waals surface area contributed by atoms with Crippen molar-refractivity contribution in [3.05, 3.63) is 88.6 Å². The van der Waals surface area contributed by atoms with Crippen LogP contribution in [0, 0.1) is 24.1 Å². The number of aromatic nitrogens is 1. The lowest BCUT2D eigenvalue weighted by molar-refractivity contribution is 0.0731. The zero-order chi connectivity index (χ0) is 22.2. The first-order valence-corrected chi connectivity index (χ1v) is 9.67. The topological polar surface area (TPSA) is 99.2 Å². The smallest absolute Gasteiger partial charge is 0.273 e. The second kappa shape index (κ2) is 10.2. The lowest BCUT2D eigenvalue weighted by Gasteiger charge is -2.20. The molecular weight excluding hydrogens is 399 g/mol. The average molecular weight is 420 g/mol. The van der Waals surface area contributed by atoms with Crippen molar-refractivity contribution in [3.8, 4) is 6.07 Å². The van der Waals surface area contributed by atoms with Gasteiger partial charge in [0.1, 0.15) is 5.82 Å². The van der Waals surface area contributed by atoms with Gasteiger partial charge in [0, 0.05) is 24.7 Å². The van der Waals surface area contributed by atoms with E-state index in [1.807, 2.05) is 25.1 Å². The van der Waals surface area contributed by atoms with Gasteiger partial charge >= 0.3 is 0 Å². The molecule has 0 aliphatic heterocycles. The molecule has 3 aromatic rings. The van der Waals surface area contributed by atoms with Gasteiger partial charge in [-0.15, -0.1) is 0 Å². The van der Waals surface area contributed by atoms with Gasteiger partial charge in [-0.05, 0) is 36.8 Å². The maximum atomic E-state index is 13.0. The third-order valence-corrected chi connectivity index (χ3v) is 4.58. The Morgan fingerprint density at radius 3 is 2.55 bits per heavy atom. The number of nitrogens with zero attached hydrogens (tertiary/aromatic N) is 3. The number of aryl methyl sites for hydroxylation is 1. The Morgan fingerprint density at radius 2 is 1.87 bits per heavy atom. The molecule has 158 valence electrons. The number of carbonyl (C=O) groups is 2. The van der Waals surface area contributed by atoms with Crippen molar-refractivity contribution in [2.75, 3.05) is 6.54 Å². The molecule has 0 saturated carbocycles. The van der Waals surface area contributed by atoms with Crippen LogP contribution in [0.25, 0.3) is 0 Å². The van der Waals surface area contributed by atoms with Crippen molar-refractivity contribution >= 4 is 11.8 Å². The molecule has 0 radical (unpaired) electrons. The van der Waals surface area contributed by atoms with Crippen LogP contribution >= 0.6 is 0 Å². The first-order chi connectivity index (χ1) is 15.0. The minimum Gasteiger partial charge on any atom is -0.359 e. The summed E-state index contributed by atoms with van der Waals surface area (Å²) in [6, 6.07) is 16.4. The molecule has 3 rings (SSSR count). The third kappa shape index (κ3) is 6.00. The van der Waals surface area contributed by atoms with Crippen molar-refractivity contribution in [1.29, 1.82) is 5.26 Å². The van der Waals surface area contributed by atoms with E-state index in [1.165, 1.54) is 23.1 Å². The molecule has 1 aromatic heterocycles. The van der Waals surface area contributed by atoms with E-state index in [2.05, 4.69) is 10.5 Å². The number of halogens is 1. The zero-order valence-corrected chi connectivity index (χ0v) is 17.0. The summed E-state index contributed by atoms with van der Waals surface area (Å²) in [4.78, 5) is 26.6. The van der Waals surface area contributed by atoms with E-state index in [1.54, 1.807) is 24.3 Å². The van der Waals surface area contributed by atoms with Crippen molar-refractivity contribution < 1.29 is 18.5 Å². The van der Waals surface area contributed by atoms with Crippen LogP contribution in [0.15, 0.2) is 59.1 Å². The largest absolute Gasteiger partial charge is 0.359 e. The predicted molar refractivity (Wildman–Crippen MR) is 110 cm³/mol. The maximum Gasteiger partial charge on any atom is 0.273 e. The van der Waals surface area contributed by atoms with E-state index in [9.17, 15) is 14.0 Å². The average Bonchev–Trinajstić information content (AvgIpc) is 3.25. The molecule has 0 bridgehead atoms. The normalized spacial score (nSPS) is 10.4. The van der Waals surface area contributed by atoms with Gasteiger partial charge in [-0.3, -0.25) is 9.59 Å². The fraction of sp³-hybridized carbons (Fsp3) is 0.217. The van der Waals surface area contributed by atoms with Crippen molar-refractivity contribution in [2.24, 2.45) is 0 Å². The minimum atomic E-state index is -0.451. The highest BCUT2D eigenvalue weighted by molar-refractivity contribution is 5.94. The van der Waals surface area contributed by atoms with E-state index in [0.717, 1.165) is 11.1 Å². The standard InChI is InChI=1S/C23H21FN4O3/c1-16-3-7-18(8-4-16)23(30)28(12-2-11-25)15-20-13-21(27-31-20)22(29)26-14-17-5-9-19(24)10-6-17/h3-10,13H,2,12,14-15H2,1H3,(H,26,29). The summed E-state index contributed by atoms with van der Waals surface area (Å²) in [6.45, 7) is 2.43. The number of hydrogen-bond donors (Lipinski definition) is 1. The van der Waals surface area contributed by atoms with Crippen molar-refractivity contribution in [1.82, 2.24) is 15.4 Å². The summed E-state index contributed by atoms with van der Waals surface area (Å²) in [7, 11) is 0. The highest BCUT2D eigenvalue weighted by Gasteiger charge is 2.20. The molecule has 0 atom stereocenters. The van der Waals surface area contributed by atoms with Crippen LogP contribution in [0.1, 0.15) is 44.2 Å². The Hall–Kier alpha value is -3.99. The van der Waals surface area contributed by atoms with Crippen LogP contribution in [-0.4, -0.2) is 28.4 Å². The van der Waals surface area contributed by atoms with Crippen LogP contribution in [0.4, 0.5) is 4.39 Å². The molecule has 0 spiro atoms. The molecule has 0 aliphatic carbocycles. The fourth-order valence-corrected chi connectivity index (χ4v) is 2.87. The number of hydrogen-bond acceptors (Lipinski definition) is 5. The second-order valence-electron chi connectivity index (χ2n) is 6.99. The molecular formula is C23H21FN4O3. The molecule has 2 amide bonds. The Morgan fingerprint density at radius 1 is 1.16 bits per heavy atom. The van der Waals surface area contributed by atoms with Gasteiger partial charge in [0.25, 0.3) is 11.8 Å². The molecule has 2 aromatic carbocycles. The summed E-state index contributed by atoms with van der Waals surface area (Å²) < 4.78 is 18.2. The van der Waals surface area contributed by atoms with Crippen LogP contribution < -0.4 is 5.32 Å². The van der Waals surface area contributed by atoms with E-state index in [4.69, 9.17) is 9.78 Å². The van der Waals surface area contributed by atoms with Crippen molar-refractivity contribution in [2.45, 2.75) is 26.4 Å². The predicted octanol–water partition coefficient (Wildman–Crippen LogP) is 3.61. The Labute approximate surface area is 179 Å². The van der Waals surface area contributed by atoms with Crippen LogP contribution in [-0.2, 0) is 13.1 Å². The van der Waals surface area contributed by atoms with Gasteiger partial charge in [-0.2, -0.15) is 5.26 Å². The zero-order valence-electron chi connectivity index (χ0n) is 17.0. The molecule has 0 fully saturated rings. The van der Waals surface area contributed by atoms with Crippen LogP contribution in [0.5, 0.6) is 0 Å². The van der Waals surface area contributed by atoms with Crippen LogP contribution in [0.2, 0.25) is 0 Å². The first kappa shape index (κ1) is 21.7. The number of nitriles is 1. The third-order valence-electron chi connectivity index (χ3n) is 4.58. The van der Waals surface area contributed by atoms with E-state index >= 15 is 0 Å². The van der Waals surface area contributed by atoms with E-state index in [0.29, 0.717) is 11.3 Å². The highest BCUT2D eigenvalue weighted by atomic mass is 19.1. The van der Waals surface area contributed by atoms with Crippen LogP contribution in [0.3, 0.4) is 0 Å². The summed E-state index contributed by atoms with van der Waals surface area (Å²) in [6.07, 6.45) is 0.163. The molecule has 0 saturated heterocycles. The molecule has 1 heterocycles. The highest BCUT2D eigenvalue weighted by Crippen LogP contribution is 2.13. The lowest BCUT2D eigenvalue weighted by atomic mass is 10.1. The Bertz CT molecular complexity index is 1090. The quantitative estimate of drug-likeness (QED) is 0.600. The second-order valence-corrected chi connectivity index (χ2v) is 6.99. The van der Waals surface area contributed by atoms with Gasteiger partial charge in [0.05, 0.1) is 19.0 Å². The first-order valence-electron chi connectivity index (χ1n) is 9.67. The SMILES string of the molecule is Cc1ccc(C(=O)N(CCC#N)Cc2cc(C(=O)NCc3ccc(F)cc3)no2)cc1. The van der Waals surface area contributed by atoms with E-state index in [-0.39, 0.29) is 43.5 Å². The van der Waals surface area contributed by atoms with Gasteiger partial charge in [-0.25, -0.2) is 4.39 Å². The number of nitrogens with one attached hydrogen (secondary N) is 1. The number of amides is 2. The van der Waals surface area contributed by atoms with Gasteiger partial charge in [-0.1, -0.05) is 35.0 Å². The summed E-state index contributed by atoms with van der Waals surface area (Å²) >= 11 is 0. The molecule has 1 N–H and O–H groups in total. The minimum absolute atomic E-state index is 0.0696. The van der Waals surface area contributed by atoms with Gasteiger partial charge in [0.15, 0.2) is 11.5 Å². The number of carbonyl (C=O) groups excluding carboxylic acids is 2.